The number of rotatable bonds is 3. The van der Waals surface area contributed by atoms with Gasteiger partial charge in [-0.05, 0) is 19.1 Å². The molecule has 0 aromatic heterocycles. The molecule has 0 atom stereocenters. The molecule has 0 aliphatic carbocycles. The van der Waals surface area contributed by atoms with Gasteiger partial charge in [-0.15, -0.1) is 0 Å². The van der Waals surface area contributed by atoms with Gasteiger partial charge in [-0.1, -0.05) is 11.6 Å². The average molecular weight is 406 g/mol. The molecule has 1 amide bonds. The average Bonchev–Trinajstić information content (AvgIpc) is 3.03. The van der Waals surface area contributed by atoms with Crippen molar-refractivity contribution >= 4 is 35.1 Å². The third-order valence-corrected chi connectivity index (χ3v) is 4.17. The maximum atomic E-state index is 14.5. The number of carbonyl (C=O) groups excluding carboxylic acids is 2. The second-order valence-corrected chi connectivity index (χ2v) is 5.95. The van der Waals surface area contributed by atoms with Crippen molar-refractivity contribution in [1.82, 2.24) is 4.90 Å². The highest BCUT2D eigenvalue weighted by Crippen LogP contribution is 2.36. The first-order valence-corrected chi connectivity index (χ1v) is 8.14. The number of nitrogens with zero attached hydrogens (tertiary/aromatic N) is 3. The van der Waals surface area contributed by atoms with Gasteiger partial charge in [0.2, 0.25) is 5.96 Å². The van der Waals surface area contributed by atoms with E-state index >= 15 is 0 Å². The standard InChI is InChI=1S/C16H12ClF4N3O3/c1-2-27-14(26)8-5-11(10(18)6-9(8)17)24-13(25)7-12(16(19,20)21)23-4-3-22-15(23)24/h5-7H,2-4H2,1H3. The summed E-state index contributed by atoms with van der Waals surface area (Å²) in [5.41, 5.74) is -1.85. The minimum absolute atomic E-state index is 0.00746. The SMILES string of the molecule is CCOC(=O)c1cc(N2C(=O)C=C(C(F)(F)F)N3CCN=C32)c(F)cc1Cl. The number of fused-ring (bicyclic) bond motifs is 1. The lowest BCUT2D eigenvalue weighted by Crippen LogP contribution is -2.51. The van der Waals surface area contributed by atoms with Crippen LogP contribution >= 0.6 is 11.6 Å². The zero-order chi connectivity index (χ0) is 19.9. The first-order valence-electron chi connectivity index (χ1n) is 7.76. The van der Waals surface area contributed by atoms with Crippen molar-refractivity contribution in [3.05, 3.63) is 40.3 Å². The molecule has 1 aromatic carbocycles. The van der Waals surface area contributed by atoms with Crippen molar-refractivity contribution in [2.24, 2.45) is 4.99 Å². The van der Waals surface area contributed by atoms with Gasteiger partial charge < -0.3 is 9.64 Å². The number of aliphatic imine (C=N–C) groups is 1. The van der Waals surface area contributed by atoms with Crippen molar-refractivity contribution in [1.29, 1.82) is 0 Å². The van der Waals surface area contributed by atoms with E-state index in [1.165, 1.54) is 0 Å². The molecule has 0 unspecified atom stereocenters. The van der Waals surface area contributed by atoms with Gasteiger partial charge in [-0.25, -0.2) is 14.1 Å². The molecular weight excluding hydrogens is 394 g/mol. The van der Waals surface area contributed by atoms with E-state index in [9.17, 15) is 27.2 Å². The summed E-state index contributed by atoms with van der Waals surface area (Å²) in [5, 5.41) is -0.254. The molecule has 0 spiro atoms. The fourth-order valence-corrected chi connectivity index (χ4v) is 2.98. The molecule has 0 bridgehead atoms. The molecule has 2 aliphatic rings. The lowest BCUT2D eigenvalue weighted by Gasteiger charge is -2.35. The molecule has 2 heterocycles. The van der Waals surface area contributed by atoms with E-state index in [1.54, 1.807) is 6.92 Å². The third kappa shape index (κ3) is 3.36. The number of hydrogen-bond donors (Lipinski definition) is 0. The van der Waals surface area contributed by atoms with Gasteiger partial charge in [0.15, 0.2) is 0 Å². The van der Waals surface area contributed by atoms with Crippen molar-refractivity contribution in [2.45, 2.75) is 13.1 Å². The van der Waals surface area contributed by atoms with Gasteiger partial charge in [-0.3, -0.25) is 9.79 Å². The second kappa shape index (κ2) is 6.84. The van der Waals surface area contributed by atoms with Crippen LogP contribution in [0.25, 0.3) is 0 Å². The zero-order valence-electron chi connectivity index (χ0n) is 13.8. The quantitative estimate of drug-likeness (QED) is 0.572. The molecule has 0 saturated heterocycles. The number of ether oxygens (including phenoxy) is 1. The number of esters is 1. The summed E-state index contributed by atoms with van der Waals surface area (Å²) in [4.78, 5) is 29.7. The number of halogens is 5. The van der Waals surface area contributed by atoms with Gasteiger partial charge in [0.1, 0.15) is 11.5 Å². The number of carbonyl (C=O) groups is 2. The van der Waals surface area contributed by atoms with E-state index in [0.29, 0.717) is 11.0 Å². The molecular formula is C16H12ClF4N3O3. The van der Waals surface area contributed by atoms with E-state index in [2.05, 4.69) is 4.99 Å². The maximum absolute atomic E-state index is 14.5. The third-order valence-electron chi connectivity index (χ3n) is 3.85. The largest absolute Gasteiger partial charge is 0.462 e. The van der Waals surface area contributed by atoms with Gasteiger partial charge in [0, 0.05) is 12.6 Å². The molecule has 0 saturated carbocycles. The Labute approximate surface area is 155 Å². The van der Waals surface area contributed by atoms with Crippen LogP contribution in [0.2, 0.25) is 5.02 Å². The number of guanidine groups is 1. The fraction of sp³-hybridized carbons (Fsp3) is 0.312. The van der Waals surface area contributed by atoms with Crippen LogP contribution < -0.4 is 4.90 Å². The summed E-state index contributed by atoms with van der Waals surface area (Å²) in [6.07, 6.45) is -4.41. The Hall–Kier alpha value is -2.62. The Morgan fingerprint density at radius 3 is 2.70 bits per heavy atom. The van der Waals surface area contributed by atoms with Crippen LogP contribution in [0.1, 0.15) is 17.3 Å². The summed E-state index contributed by atoms with van der Waals surface area (Å²) in [6, 6.07) is 1.75. The summed E-state index contributed by atoms with van der Waals surface area (Å²) in [7, 11) is 0. The first kappa shape index (κ1) is 19.2. The number of amides is 1. The summed E-state index contributed by atoms with van der Waals surface area (Å²) in [6.45, 7) is 1.46. The second-order valence-electron chi connectivity index (χ2n) is 5.54. The Kier molecular flexibility index (Phi) is 4.85. The molecule has 1 aromatic rings. The van der Waals surface area contributed by atoms with Crippen LogP contribution in [-0.2, 0) is 9.53 Å². The molecule has 11 heteroatoms. The van der Waals surface area contributed by atoms with Crippen LogP contribution in [0.15, 0.2) is 28.9 Å². The number of hydrogen-bond acceptors (Lipinski definition) is 5. The number of allylic oxidation sites excluding steroid dienone is 1. The van der Waals surface area contributed by atoms with E-state index in [0.717, 1.165) is 17.0 Å². The van der Waals surface area contributed by atoms with E-state index in [4.69, 9.17) is 16.3 Å². The lowest BCUT2D eigenvalue weighted by atomic mass is 10.1. The fourth-order valence-electron chi connectivity index (χ4n) is 2.75. The van der Waals surface area contributed by atoms with Crippen LogP contribution in [0.5, 0.6) is 0 Å². The first-order chi connectivity index (χ1) is 12.6. The number of alkyl halides is 3. The van der Waals surface area contributed by atoms with Crippen molar-refractivity contribution in [3.8, 4) is 0 Å². The highest BCUT2D eigenvalue weighted by molar-refractivity contribution is 6.34. The zero-order valence-corrected chi connectivity index (χ0v) is 14.6. The molecule has 144 valence electrons. The van der Waals surface area contributed by atoms with Gasteiger partial charge >= 0.3 is 12.1 Å². The Bertz CT molecular complexity index is 882. The van der Waals surface area contributed by atoms with Gasteiger partial charge in [0.05, 0.1) is 29.4 Å². The highest BCUT2D eigenvalue weighted by Gasteiger charge is 2.47. The summed E-state index contributed by atoms with van der Waals surface area (Å²) < 4.78 is 58.8. The van der Waals surface area contributed by atoms with Crippen LogP contribution in [-0.4, -0.2) is 48.6 Å². The van der Waals surface area contributed by atoms with E-state index in [-0.39, 0.29) is 36.2 Å². The topological polar surface area (TPSA) is 62.2 Å². The van der Waals surface area contributed by atoms with Crippen LogP contribution in [0.4, 0.5) is 23.2 Å². The van der Waals surface area contributed by atoms with Crippen LogP contribution in [0, 0.1) is 5.82 Å². The van der Waals surface area contributed by atoms with E-state index < -0.39 is 35.3 Å². The number of benzene rings is 1. The van der Waals surface area contributed by atoms with Crippen molar-refractivity contribution in [2.75, 3.05) is 24.6 Å². The predicted molar refractivity (Wildman–Crippen MR) is 88.0 cm³/mol. The Morgan fingerprint density at radius 1 is 1.37 bits per heavy atom. The van der Waals surface area contributed by atoms with Gasteiger partial charge in [-0.2, -0.15) is 13.2 Å². The Balaban J connectivity index is 2.11. The number of anilines is 1. The molecule has 3 rings (SSSR count). The normalized spacial score (nSPS) is 16.9. The maximum Gasteiger partial charge on any atom is 0.431 e. The smallest absolute Gasteiger partial charge is 0.431 e. The van der Waals surface area contributed by atoms with Crippen molar-refractivity contribution in [3.63, 3.8) is 0 Å². The minimum Gasteiger partial charge on any atom is -0.462 e. The van der Waals surface area contributed by atoms with Crippen LogP contribution in [0.3, 0.4) is 0 Å². The highest BCUT2D eigenvalue weighted by atomic mass is 35.5. The lowest BCUT2D eigenvalue weighted by molar-refractivity contribution is -0.119. The molecule has 0 N–H and O–H groups in total. The monoisotopic (exact) mass is 405 g/mol. The molecule has 2 aliphatic heterocycles. The molecule has 6 nitrogen and oxygen atoms in total. The molecule has 0 radical (unpaired) electrons. The minimum atomic E-state index is -4.78. The summed E-state index contributed by atoms with van der Waals surface area (Å²) in [5.74, 6) is -3.37. The van der Waals surface area contributed by atoms with Gasteiger partial charge in [0.25, 0.3) is 5.91 Å². The summed E-state index contributed by atoms with van der Waals surface area (Å²) >= 11 is 5.86. The van der Waals surface area contributed by atoms with E-state index in [1.807, 2.05) is 0 Å². The molecule has 27 heavy (non-hydrogen) atoms. The molecule has 0 fully saturated rings. The van der Waals surface area contributed by atoms with Crippen molar-refractivity contribution < 1.29 is 31.9 Å². The predicted octanol–water partition coefficient (Wildman–Crippen LogP) is 3.12. The Morgan fingerprint density at radius 2 is 2.07 bits per heavy atom.